The molecule has 0 spiro atoms. The monoisotopic (exact) mass is 327 g/mol. The Hall–Kier alpha value is -2.67. The van der Waals surface area contributed by atoms with Gasteiger partial charge in [0.05, 0.1) is 7.11 Å². The Morgan fingerprint density at radius 3 is 2.46 bits per heavy atom. The van der Waals surface area contributed by atoms with E-state index in [2.05, 4.69) is 54.3 Å². The number of rotatable bonds is 4. The maximum atomic E-state index is 11.1. The van der Waals surface area contributed by atoms with Gasteiger partial charge in [0.1, 0.15) is 0 Å². The van der Waals surface area contributed by atoms with E-state index in [1.165, 1.54) is 12.7 Å². The third kappa shape index (κ3) is 4.20. The van der Waals surface area contributed by atoms with Crippen LogP contribution in [-0.4, -0.2) is 54.5 Å². The van der Waals surface area contributed by atoms with Crippen molar-refractivity contribution in [2.75, 3.05) is 43.5 Å². The second kappa shape index (κ2) is 7.74. The van der Waals surface area contributed by atoms with E-state index in [9.17, 15) is 4.79 Å². The Morgan fingerprint density at radius 2 is 1.83 bits per heavy atom. The number of hydrogen-bond acceptors (Lipinski definition) is 6. The Labute approximate surface area is 141 Å². The third-order valence-electron chi connectivity index (χ3n) is 4.01. The van der Waals surface area contributed by atoms with Gasteiger partial charge in [-0.2, -0.15) is 0 Å². The second-order valence-corrected chi connectivity index (χ2v) is 5.64. The van der Waals surface area contributed by atoms with E-state index < -0.39 is 6.09 Å². The molecule has 2 heterocycles. The lowest BCUT2D eigenvalue weighted by Gasteiger charge is -2.35. The molecule has 2 aromatic rings. The van der Waals surface area contributed by atoms with Crippen molar-refractivity contribution in [3.63, 3.8) is 0 Å². The van der Waals surface area contributed by atoms with Gasteiger partial charge in [-0.3, -0.25) is 10.2 Å². The van der Waals surface area contributed by atoms with E-state index in [1.807, 2.05) is 12.1 Å². The smallest absolute Gasteiger partial charge is 0.412 e. The first-order valence-electron chi connectivity index (χ1n) is 7.94. The average Bonchev–Trinajstić information content (AvgIpc) is 2.64. The normalized spacial score (nSPS) is 15.1. The van der Waals surface area contributed by atoms with Gasteiger partial charge < -0.3 is 9.64 Å². The minimum absolute atomic E-state index is 0.383. The van der Waals surface area contributed by atoms with Crippen LogP contribution in [0.4, 0.5) is 16.4 Å². The fourth-order valence-electron chi connectivity index (χ4n) is 2.69. The number of anilines is 2. The van der Waals surface area contributed by atoms with Gasteiger partial charge in [0.25, 0.3) is 0 Å². The first-order chi connectivity index (χ1) is 11.7. The first-order valence-corrected chi connectivity index (χ1v) is 7.94. The molecule has 24 heavy (non-hydrogen) atoms. The summed E-state index contributed by atoms with van der Waals surface area (Å²) in [6.07, 6.45) is -0.549. The Balaban J connectivity index is 1.52. The van der Waals surface area contributed by atoms with Crippen molar-refractivity contribution >= 4 is 17.7 Å². The molecule has 1 saturated heterocycles. The van der Waals surface area contributed by atoms with Gasteiger partial charge in [-0.05, 0) is 17.7 Å². The fraction of sp³-hybridized carbons (Fsp3) is 0.353. The molecule has 1 aromatic heterocycles. The quantitative estimate of drug-likeness (QED) is 0.926. The van der Waals surface area contributed by atoms with E-state index in [0.717, 1.165) is 38.5 Å². The molecule has 126 valence electrons. The number of carbonyl (C=O) groups is 1. The van der Waals surface area contributed by atoms with Crippen LogP contribution >= 0.6 is 0 Å². The van der Waals surface area contributed by atoms with Gasteiger partial charge in [-0.15, -0.1) is 10.2 Å². The number of methoxy groups -OCH3 is 1. The summed E-state index contributed by atoms with van der Waals surface area (Å²) in [6.45, 7) is 4.76. The summed E-state index contributed by atoms with van der Waals surface area (Å²) in [4.78, 5) is 15.8. The lowest BCUT2D eigenvalue weighted by atomic mass is 10.2. The zero-order valence-electron chi connectivity index (χ0n) is 13.7. The van der Waals surface area contributed by atoms with Gasteiger partial charge in [0, 0.05) is 32.7 Å². The molecule has 0 unspecified atom stereocenters. The van der Waals surface area contributed by atoms with Crippen molar-refractivity contribution in [1.82, 2.24) is 15.1 Å². The molecule has 1 aliphatic rings. The van der Waals surface area contributed by atoms with E-state index in [1.54, 1.807) is 6.07 Å². The Morgan fingerprint density at radius 1 is 1.08 bits per heavy atom. The van der Waals surface area contributed by atoms with Crippen molar-refractivity contribution in [3.05, 3.63) is 48.0 Å². The van der Waals surface area contributed by atoms with Crippen LogP contribution in [0.25, 0.3) is 0 Å². The highest BCUT2D eigenvalue weighted by molar-refractivity contribution is 5.83. The van der Waals surface area contributed by atoms with Crippen molar-refractivity contribution < 1.29 is 9.53 Å². The molecule has 0 atom stereocenters. The highest BCUT2D eigenvalue weighted by Gasteiger charge is 2.18. The first kappa shape index (κ1) is 16.2. The van der Waals surface area contributed by atoms with Crippen LogP contribution in [0, 0.1) is 0 Å². The summed E-state index contributed by atoms with van der Waals surface area (Å²) in [5.41, 5.74) is 1.34. The molecule has 0 bridgehead atoms. The van der Waals surface area contributed by atoms with Gasteiger partial charge in [-0.25, -0.2) is 4.79 Å². The van der Waals surface area contributed by atoms with Crippen molar-refractivity contribution in [3.8, 4) is 0 Å². The molecule has 7 heteroatoms. The number of amides is 1. The van der Waals surface area contributed by atoms with Gasteiger partial charge >= 0.3 is 6.09 Å². The summed E-state index contributed by atoms with van der Waals surface area (Å²) >= 11 is 0. The highest BCUT2D eigenvalue weighted by Crippen LogP contribution is 2.15. The topological polar surface area (TPSA) is 70.6 Å². The number of hydrogen-bond donors (Lipinski definition) is 1. The molecule has 1 N–H and O–H groups in total. The number of ether oxygens (including phenoxy) is 1. The third-order valence-corrected chi connectivity index (χ3v) is 4.01. The number of nitrogens with zero attached hydrogens (tertiary/aromatic N) is 4. The summed E-state index contributed by atoms with van der Waals surface area (Å²) < 4.78 is 4.53. The molecule has 1 fully saturated rings. The Kier molecular flexibility index (Phi) is 5.22. The number of nitrogens with one attached hydrogen (secondary N) is 1. The molecule has 1 amide bonds. The largest absolute Gasteiger partial charge is 0.453 e. The predicted molar refractivity (Wildman–Crippen MR) is 92.0 cm³/mol. The lowest BCUT2D eigenvalue weighted by molar-refractivity contribution is 0.187. The molecule has 0 aliphatic carbocycles. The summed E-state index contributed by atoms with van der Waals surface area (Å²) in [7, 11) is 1.31. The zero-order chi connectivity index (χ0) is 16.8. The molecule has 1 aliphatic heterocycles. The highest BCUT2D eigenvalue weighted by atomic mass is 16.5. The van der Waals surface area contributed by atoms with E-state index in [4.69, 9.17) is 0 Å². The molecule has 1 aromatic carbocycles. The Bertz CT molecular complexity index is 654. The van der Waals surface area contributed by atoms with E-state index in [-0.39, 0.29) is 0 Å². The number of benzene rings is 1. The standard InChI is InChI=1S/C17H21N5O2/c1-24-17(23)18-15-7-8-16(20-19-15)22-11-9-21(10-12-22)13-14-5-3-2-4-6-14/h2-8H,9-13H2,1H3,(H,18,19,23). The van der Waals surface area contributed by atoms with Crippen LogP contribution in [0.5, 0.6) is 0 Å². The van der Waals surface area contributed by atoms with Gasteiger partial charge in [0.2, 0.25) is 0 Å². The molecular formula is C17H21N5O2. The number of aromatic nitrogens is 2. The maximum absolute atomic E-state index is 11.1. The second-order valence-electron chi connectivity index (χ2n) is 5.64. The van der Waals surface area contributed by atoms with Gasteiger partial charge in [-0.1, -0.05) is 30.3 Å². The molecule has 0 radical (unpaired) electrons. The van der Waals surface area contributed by atoms with Crippen molar-refractivity contribution in [2.24, 2.45) is 0 Å². The lowest BCUT2D eigenvalue weighted by Crippen LogP contribution is -2.46. The molecule has 7 nitrogen and oxygen atoms in total. The molecule has 3 rings (SSSR count). The minimum Gasteiger partial charge on any atom is -0.453 e. The summed E-state index contributed by atoms with van der Waals surface area (Å²) in [5, 5.41) is 10.7. The van der Waals surface area contributed by atoms with Crippen LogP contribution in [0.3, 0.4) is 0 Å². The van der Waals surface area contributed by atoms with E-state index >= 15 is 0 Å². The van der Waals surface area contributed by atoms with Crippen LogP contribution < -0.4 is 10.2 Å². The number of carbonyl (C=O) groups excluding carboxylic acids is 1. The zero-order valence-corrected chi connectivity index (χ0v) is 13.7. The summed E-state index contributed by atoms with van der Waals surface area (Å²) in [5.74, 6) is 1.21. The van der Waals surface area contributed by atoms with Crippen LogP contribution in [0.1, 0.15) is 5.56 Å². The van der Waals surface area contributed by atoms with E-state index in [0.29, 0.717) is 5.82 Å². The number of piperazine rings is 1. The SMILES string of the molecule is COC(=O)Nc1ccc(N2CCN(Cc3ccccc3)CC2)nn1. The van der Waals surface area contributed by atoms with Crippen LogP contribution in [-0.2, 0) is 11.3 Å². The van der Waals surface area contributed by atoms with Crippen molar-refractivity contribution in [1.29, 1.82) is 0 Å². The van der Waals surface area contributed by atoms with Crippen molar-refractivity contribution in [2.45, 2.75) is 6.54 Å². The maximum Gasteiger partial charge on any atom is 0.412 e. The minimum atomic E-state index is -0.549. The van der Waals surface area contributed by atoms with Gasteiger partial charge in [0.15, 0.2) is 11.6 Å². The van der Waals surface area contributed by atoms with Crippen LogP contribution in [0.15, 0.2) is 42.5 Å². The molecular weight excluding hydrogens is 306 g/mol. The summed E-state index contributed by atoms with van der Waals surface area (Å²) in [6, 6.07) is 14.1. The average molecular weight is 327 g/mol. The fourth-order valence-corrected chi connectivity index (χ4v) is 2.69. The van der Waals surface area contributed by atoms with Crippen LogP contribution in [0.2, 0.25) is 0 Å². The predicted octanol–water partition coefficient (Wildman–Crippen LogP) is 1.98. The molecule has 0 saturated carbocycles.